The molecule has 88 valence electrons. The fraction of sp³-hybridized carbons (Fsp3) is 0.308. The van der Waals surface area contributed by atoms with Crippen molar-refractivity contribution >= 4 is 0 Å². The van der Waals surface area contributed by atoms with E-state index in [0.717, 1.165) is 30.6 Å². The first-order chi connectivity index (χ1) is 8.33. The van der Waals surface area contributed by atoms with Crippen molar-refractivity contribution in [3.63, 3.8) is 0 Å². The maximum atomic E-state index is 13.1. The van der Waals surface area contributed by atoms with Crippen LogP contribution in [-0.4, -0.2) is 16.5 Å². The Bertz CT molecular complexity index is 521. The van der Waals surface area contributed by atoms with E-state index in [1.807, 2.05) is 6.07 Å². The number of H-pyrrole nitrogens is 1. The van der Waals surface area contributed by atoms with Gasteiger partial charge < -0.3 is 10.3 Å². The number of imidazole rings is 1. The molecule has 1 aromatic carbocycles. The summed E-state index contributed by atoms with van der Waals surface area (Å²) in [5, 5.41) is 3.42. The van der Waals surface area contributed by atoms with E-state index in [0.29, 0.717) is 0 Å². The first kappa shape index (κ1) is 10.5. The number of aromatic nitrogens is 2. The Morgan fingerprint density at radius 2 is 2.35 bits per heavy atom. The van der Waals surface area contributed by atoms with Gasteiger partial charge >= 0.3 is 0 Å². The number of nitrogens with one attached hydrogen (secondary N) is 2. The van der Waals surface area contributed by atoms with E-state index in [9.17, 15) is 4.39 Å². The van der Waals surface area contributed by atoms with Crippen LogP contribution in [0.3, 0.4) is 0 Å². The van der Waals surface area contributed by atoms with Crippen molar-refractivity contribution in [2.45, 2.75) is 18.9 Å². The molecule has 1 aliphatic heterocycles. The van der Waals surface area contributed by atoms with Gasteiger partial charge in [0.05, 0.1) is 18.1 Å². The largest absolute Gasteiger partial charge is 0.348 e. The van der Waals surface area contributed by atoms with Crippen LogP contribution < -0.4 is 5.32 Å². The van der Waals surface area contributed by atoms with Crippen molar-refractivity contribution in [3.05, 3.63) is 53.4 Å². The lowest BCUT2D eigenvalue weighted by Gasteiger charge is -2.23. The van der Waals surface area contributed by atoms with Crippen molar-refractivity contribution in [2.75, 3.05) is 6.54 Å². The number of nitrogens with zero attached hydrogens (tertiary/aromatic N) is 1. The summed E-state index contributed by atoms with van der Waals surface area (Å²) >= 11 is 0. The Labute approximate surface area is 99.1 Å². The summed E-state index contributed by atoms with van der Waals surface area (Å²) < 4.78 is 13.1. The second-order valence-corrected chi connectivity index (χ2v) is 4.36. The molecule has 17 heavy (non-hydrogen) atoms. The minimum atomic E-state index is -0.180. The number of benzene rings is 1. The van der Waals surface area contributed by atoms with E-state index in [4.69, 9.17) is 0 Å². The number of hydrogen-bond donors (Lipinski definition) is 2. The van der Waals surface area contributed by atoms with Crippen LogP contribution in [0, 0.1) is 5.82 Å². The van der Waals surface area contributed by atoms with Crippen LogP contribution in [0.1, 0.15) is 23.0 Å². The van der Waals surface area contributed by atoms with Crippen LogP contribution in [0.25, 0.3) is 0 Å². The maximum Gasteiger partial charge on any atom is 0.123 e. The molecular formula is C13H14FN3. The van der Waals surface area contributed by atoms with Crippen LogP contribution in [0.2, 0.25) is 0 Å². The molecule has 3 rings (SSSR count). The predicted molar refractivity (Wildman–Crippen MR) is 63.1 cm³/mol. The van der Waals surface area contributed by atoms with Gasteiger partial charge in [-0.1, -0.05) is 12.1 Å². The Morgan fingerprint density at radius 1 is 1.41 bits per heavy atom. The highest BCUT2D eigenvalue weighted by Gasteiger charge is 2.22. The topological polar surface area (TPSA) is 40.7 Å². The summed E-state index contributed by atoms with van der Waals surface area (Å²) in [5.74, 6) is -0.180. The molecule has 0 fully saturated rings. The van der Waals surface area contributed by atoms with Gasteiger partial charge in [-0.05, 0) is 24.1 Å². The fourth-order valence-corrected chi connectivity index (χ4v) is 2.37. The SMILES string of the molecule is Fc1cccc(CC2NCCc3[nH]cnc32)c1. The lowest BCUT2D eigenvalue weighted by molar-refractivity contribution is 0.489. The second-order valence-electron chi connectivity index (χ2n) is 4.36. The molecular weight excluding hydrogens is 217 g/mol. The summed E-state index contributed by atoms with van der Waals surface area (Å²) in [4.78, 5) is 7.50. The van der Waals surface area contributed by atoms with Crippen molar-refractivity contribution in [3.8, 4) is 0 Å². The monoisotopic (exact) mass is 231 g/mol. The van der Waals surface area contributed by atoms with E-state index in [-0.39, 0.29) is 11.9 Å². The molecule has 2 heterocycles. The van der Waals surface area contributed by atoms with Gasteiger partial charge in [-0.15, -0.1) is 0 Å². The molecule has 0 saturated heterocycles. The van der Waals surface area contributed by atoms with E-state index < -0.39 is 0 Å². The van der Waals surface area contributed by atoms with Gasteiger partial charge in [-0.3, -0.25) is 0 Å². The molecule has 4 heteroatoms. The standard InChI is InChI=1S/C13H14FN3/c14-10-3-1-2-9(6-10)7-12-13-11(4-5-15-12)16-8-17-13/h1-3,6,8,12,15H,4-5,7H2,(H,16,17). The molecule has 0 aliphatic carbocycles. The van der Waals surface area contributed by atoms with Crippen LogP contribution in [-0.2, 0) is 12.8 Å². The van der Waals surface area contributed by atoms with E-state index in [1.54, 1.807) is 18.5 Å². The van der Waals surface area contributed by atoms with Gasteiger partial charge in [0, 0.05) is 18.7 Å². The molecule has 1 unspecified atom stereocenters. The highest BCUT2D eigenvalue weighted by atomic mass is 19.1. The summed E-state index contributed by atoms with van der Waals surface area (Å²) in [7, 11) is 0. The Kier molecular flexibility index (Phi) is 2.65. The van der Waals surface area contributed by atoms with Crippen molar-refractivity contribution in [2.24, 2.45) is 0 Å². The number of aromatic amines is 1. The summed E-state index contributed by atoms with van der Waals surface area (Å²) in [5.41, 5.74) is 3.27. The van der Waals surface area contributed by atoms with Gasteiger partial charge in [0.2, 0.25) is 0 Å². The Morgan fingerprint density at radius 3 is 3.24 bits per heavy atom. The lowest BCUT2D eigenvalue weighted by atomic mass is 9.98. The van der Waals surface area contributed by atoms with Crippen molar-refractivity contribution in [1.82, 2.24) is 15.3 Å². The number of rotatable bonds is 2. The van der Waals surface area contributed by atoms with E-state index in [1.165, 1.54) is 11.8 Å². The highest BCUT2D eigenvalue weighted by molar-refractivity contribution is 5.24. The first-order valence-electron chi connectivity index (χ1n) is 5.83. The summed E-state index contributed by atoms with van der Waals surface area (Å²) in [6.45, 7) is 0.940. The minimum Gasteiger partial charge on any atom is -0.348 e. The molecule has 2 aromatic rings. The van der Waals surface area contributed by atoms with E-state index in [2.05, 4.69) is 15.3 Å². The molecule has 2 N–H and O–H groups in total. The normalized spacial score (nSPS) is 19.0. The summed E-state index contributed by atoms with van der Waals surface area (Å²) in [6.07, 6.45) is 3.49. The summed E-state index contributed by atoms with van der Waals surface area (Å²) in [6, 6.07) is 6.94. The number of hydrogen-bond acceptors (Lipinski definition) is 2. The van der Waals surface area contributed by atoms with Crippen LogP contribution in [0.5, 0.6) is 0 Å². The number of halogens is 1. The zero-order chi connectivity index (χ0) is 11.7. The second kappa shape index (κ2) is 4.30. The quantitative estimate of drug-likeness (QED) is 0.829. The fourth-order valence-electron chi connectivity index (χ4n) is 2.37. The molecule has 1 aromatic heterocycles. The van der Waals surface area contributed by atoms with E-state index >= 15 is 0 Å². The zero-order valence-corrected chi connectivity index (χ0v) is 9.41. The third kappa shape index (κ3) is 2.08. The third-order valence-corrected chi connectivity index (χ3v) is 3.18. The molecule has 0 spiro atoms. The van der Waals surface area contributed by atoms with Gasteiger partial charge in [0.25, 0.3) is 0 Å². The Hall–Kier alpha value is -1.68. The third-order valence-electron chi connectivity index (χ3n) is 3.18. The minimum absolute atomic E-state index is 0.180. The van der Waals surface area contributed by atoms with Gasteiger partial charge in [0.15, 0.2) is 0 Å². The van der Waals surface area contributed by atoms with Crippen LogP contribution in [0.4, 0.5) is 4.39 Å². The van der Waals surface area contributed by atoms with Crippen LogP contribution in [0.15, 0.2) is 30.6 Å². The molecule has 0 amide bonds. The smallest absolute Gasteiger partial charge is 0.123 e. The molecule has 1 atom stereocenters. The predicted octanol–water partition coefficient (Wildman–Crippen LogP) is 1.98. The van der Waals surface area contributed by atoms with Crippen molar-refractivity contribution in [1.29, 1.82) is 0 Å². The van der Waals surface area contributed by atoms with Gasteiger partial charge in [0.1, 0.15) is 5.82 Å². The molecule has 0 bridgehead atoms. The lowest BCUT2D eigenvalue weighted by Crippen LogP contribution is -2.31. The van der Waals surface area contributed by atoms with Gasteiger partial charge in [-0.2, -0.15) is 0 Å². The highest BCUT2D eigenvalue weighted by Crippen LogP contribution is 2.23. The average Bonchev–Trinajstić information content (AvgIpc) is 2.78. The molecule has 0 radical (unpaired) electrons. The number of fused-ring (bicyclic) bond motifs is 1. The first-order valence-corrected chi connectivity index (χ1v) is 5.83. The Balaban J connectivity index is 1.84. The zero-order valence-electron chi connectivity index (χ0n) is 9.41. The van der Waals surface area contributed by atoms with Crippen molar-refractivity contribution < 1.29 is 4.39 Å². The molecule has 1 aliphatic rings. The van der Waals surface area contributed by atoms with Crippen LogP contribution >= 0.6 is 0 Å². The molecule has 3 nitrogen and oxygen atoms in total. The average molecular weight is 231 g/mol. The van der Waals surface area contributed by atoms with Gasteiger partial charge in [-0.25, -0.2) is 9.37 Å². The maximum absolute atomic E-state index is 13.1. The molecule has 0 saturated carbocycles.